The molecule has 1 saturated heterocycles. The van der Waals surface area contributed by atoms with Crippen LogP contribution in [0.15, 0.2) is 12.3 Å². The van der Waals surface area contributed by atoms with Crippen molar-refractivity contribution >= 4 is 5.91 Å². The second-order valence-corrected chi connectivity index (χ2v) is 6.01. The largest absolute Gasteiger partial charge is 0.391 e. The molecule has 3 atom stereocenters. The molecule has 1 aliphatic carbocycles. The third kappa shape index (κ3) is 2.58. The van der Waals surface area contributed by atoms with Gasteiger partial charge in [-0.05, 0) is 31.7 Å². The summed E-state index contributed by atoms with van der Waals surface area (Å²) in [5.74, 6) is 0.543. The van der Waals surface area contributed by atoms with Gasteiger partial charge in [-0.3, -0.25) is 9.89 Å². The highest BCUT2D eigenvalue weighted by molar-refractivity contribution is 5.79. The molecule has 3 rings (SSSR count). The molecule has 0 bridgehead atoms. The Morgan fingerprint density at radius 1 is 1.40 bits per heavy atom. The van der Waals surface area contributed by atoms with Gasteiger partial charge in [0.05, 0.1) is 6.10 Å². The molecule has 2 aliphatic rings. The summed E-state index contributed by atoms with van der Waals surface area (Å²) in [7, 11) is 0. The summed E-state index contributed by atoms with van der Waals surface area (Å²) in [6.07, 6.45) is 4.31. The number of aromatic amines is 1. The number of likely N-dealkylation sites (tertiary alicyclic amines) is 1. The lowest BCUT2D eigenvalue weighted by Crippen LogP contribution is -2.41. The Morgan fingerprint density at radius 3 is 2.70 bits per heavy atom. The Bertz CT molecular complexity index is 444. The molecular weight excluding hydrogens is 256 g/mol. The number of hydrogen-bond donors (Lipinski definition) is 3. The van der Waals surface area contributed by atoms with E-state index >= 15 is 0 Å². The highest BCUT2D eigenvalue weighted by atomic mass is 16.3. The zero-order chi connectivity index (χ0) is 14.1. The first-order valence-electron chi connectivity index (χ1n) is 7.37. The van der Waals surface area contributed by atoms with E-state index in [4.69, 9.17) is 5.73 Å². The zero-order valence-corrected chi connectivity index (χ0v) is 11.5. The quantitative estimate of drug-likeness (QED) is 0.721. The van der Waals surface area contributed by atoms with Gasteiger partial charge in [0.25, 0.3) is 0 Å². The lowest BCUT2D eigenvalue weighted by Gasteiger charge is -2.33. The number of nitrogens with two attached hydrogens (primary N) is 1. The summed E-state index contributed by atoms with van der Waals surface area (Å²) in [6, 6.07) is 1.76. The summed E-state index contributed by atoms with van der Waals surface area (Å²) < 4.78 is 0. The third-order valence-corrected chi connectivity index (χ3v) is 4.69. The van der Waals surface area contributed by atoms with E-state index in [0.717, 1.165) is 31.6 Å². The van der Waals surface area contributed by atoms with Crippen LogP contribution in [0.2, 0.25) is 0 Å². The van der Waals surface area contributed by atoms with Gasteiger partial charge in [0.2, 0.25) is 5.91 Å². The van der Waals surface area contributed by atoms with E-state index in [0.29, 0.717) is 18.8 Å². The van der Waals surface area contributed by atoms with Crippen molar-refractivity contribution in [3.63, 3.8) is 0 Å². The van der Waals surface area contributed by atoms with Crippen molar-refractivity contribution < 1.29 is 9.90 Å². The lowest BCUT2D eigenvalue weighted by atomic mass is 9.92. The highest BCUT2D eigenvalue weighted by Crippen LogP contribution is 2.30. The molecule has 0 aromatic carbocycles. The molecule has 110 valence electrons. The van der Waals surface area contributed by atoms with E-state index in [9.17, 15) is 9.90 Å². The summed E-state index contributed by atoms with van der Waals surface area (Å²) in [4.78, 5) is 14.4. The van der Waals surface area contributed by atoms with Crippen LogP contribution in [0, 0.1) is 5.92 Å². The molecule has 1 aliphatic heterocycles. The number of nitrogens with zero attached hydrogens (tertiary/aromatic N) is 2. The van der Waals surface area contributed by atoms with Crippen molar-refractivity contribution in [3.05, 3.63) is 18.0 Å². The Balaban J connectivity index is 1.54. The standard InChI is InChI=1S/C14H22N4O2/c15-11-7-10(8-13(11)19)14(20)18-5-2-9(3-6-18)12-1-4-16-17-12/h1,4,9-11,13,19H,2-3,5-8,15H2,(H,16,17)/t10-,11-,13-/m0/s1. The van der Waals surface area contributed by atoms with Crippen molar-refractivity contribution in [1.82, 2.24) is 15.1 Å². The molecule has 2 fully saturated rings. The van der Waals surface area contributed by atoms with Gasteiger partial charge < -0.3 is 15.7 Å². The molecule has 1 amide bonds. The Kier molecular flexibility index (Phi) is 3.76. The maximum atomic E-state index is 12.4. The summed E-state index contributed by atoms with van der Waals surface area (Å²) in [5.41, 5.74) is 6.95. The number of aliphatic hydroxyl groups excluding tert-OH is 1. The number of H-pyrrole nitrogens is 1. The second kappa shape index (κ2) is 5.54. The van der Waals surface area contributed by atoms with Crippen LogP contribution in [-0.2, 0) is 4.79 Å². The zero-order valence-electron chi connectivity index (χ0n) is 11.5. The molecule has 1 saturated carbocycles. The maximum absolute atomic E-state index is 12.4. The number of piperidine rings is 1. The topological polar surface area (TPSA) is 95.2 Å². The molecule has 0 radical (unpaired) electrons. The number of rotatable bonds is 2. The molecule has 1 aromatic rings. The average Bonchev–Trinajstić information content (AvgIpc) is 3.09. The van der Waals surface area contributed by atoms with Crippen LogP contribution in [-0.4, -0.2) is 51.3 Å². The van der Waals surface area contributed by atoms with Crippen LogP contribution in [0.25, 0.3) is 0 Å². The molecule has 2 heterocycles. The van der Waals surface area contributed by atoms with Gasteiger partial charge in [-0.1, -0.05) is 0 Å². The molecule has 0 spiro atoms. The normalized spacial score (nSPS) is 31.7. The van der Waals surface area contributed by atoms with Gasteiger partial charge >= 0.3 is 0 Å². The number of carbonyl (C=O) groups excluding carboxylic acids is 1. The second-order valence-electron chi connectivity index (χ2n) is 6.01. The fourth-order valence-corrected chi connectivity index (χ4v) is 3.41. The molecule has 1 aromatic heterocycles. The van der Waals surface area contributed by atoms with E-state index in [-0.39, 0.29) is 17.9 Å². The third-order valence-electron chi connectivity index (χ3n) is 4.69. The fraction of sp³-hybridized carbons (Fsp3) is 0.714. The SMILES string of the molecule is N[C@H]1C[C@H](C(=O)N2CCC(c3ccn[nH]3)CC2)C[C@@H]1O. The summed E-state index contributed by atoms with van der Waals surface area (Å²) >= 11 is 0. The fourth-order valence-electron chi connectivity index (χ4n) is 3.41. The number of nitrogens with one attached hydrogen (secondary N) is 1. The van der Waals surface area contributed by atoms with Crippen molar-refractivity contribution in [2.24, 2.45) is 11.7 Å². The number of carbonyl (C=O) groups is 1. The Morgan fingerprint density at radius 2 is 2.15 bits per heavy atom. The minimum absolute atomic E-state index is 0.0938. The number of amides is 1. The monoisotopic (exact) mass is 278 g/mol. The molecular formula is C14H22N4O2. The Hall–Kier alpha value is -1.40. The summed E-state index contributed by atoms with van der Waals surface area (Å²) in [6.45, 7) is 1.56. The van der Waals surface area contributed by atoms with Crippen molar-refractivity contribution in [2.75, 3.05) is 13.1 Å². The molecule has 6 heteroatoms. The molecule has 0 unspecified atom stereocenters. The Labute approximate surface area is 118 Å². The first kappa shape index (κ1) is 13.6. The van der Waals surface area contributed by atoms with Crippen LogP contribution < -0.4 is 5.73 Å². The van der Waals surface area contributed by atoms with Crippen LogP contribution >= 0.6 is 0 Å². The number of aliphatic hydroxyl groups is 1. The van der Waals surface area contributed by atoms with Crippen LogP contribution in [0.1, 0.15) is 37.3 Å². The van der Waals surface area contributed by atoms with E-state index in [1.54, 1.807) is 6.20 Å². The van der Waals surface area contributed by atoms with Crippen LogP contribution in [0.4, 0.5) is 0 Å². The average molecular weight is 278 g/mol. The predicted octanol–water partition coefficient (Wildman–Crippen LogP) is 0.214. The minimum atomic E-state index is -0.522. The molecule has 20 heavy (non-hydrogen) atoms. The van der Waals surface area contributed by atoms with Crippen LogP contribution in [0.3, 0.4) is 0 Å². The maximum Gasteiger partial charge on any atom is 0.225 e. The van der Waals surface area contributed by atoms with Gasteiger partial charge in [0.15, 0.2) is 0 Å². The first-order chi connectivity index (χ1) is 9.65. The van der Waals surface area contributed by atoms with Gasteiger partial charge in [-0.25, -0.2) is 0 Å². The van der Waals surface area contributed by atoms with Gasteiger partial charge in [0.1, 0.15) is 0 Å². The van der Waals surface area contributed by atoms with Gasteiger partial charge in [-0.15, -0.1) is 0 Å². The molecule has 4 N–H and O–H groups in total. The van der Waals surface area contributed by atoms with Crippen molar-refractivity contribution in [1.29, 1.82) is 0 Å². The van der Waals surface area contributed by atoms with E-state index in [1.165, 1.54) is 0 Å². The number of aromatic nitrogens is 2. The number of hydrogen-bond acceptors (Lipinski definition) is 4. The molecule has 6 nitrogen and oxygen atoms in total. The van der Waals surface area contributed by atoms with E-state index in [1.807, 2.05) is 11.0 Å². The first-order valence-corrected chi connectivity index (χ1v) is 7.37. The smallest absolute Gasteiger partial charge is 0.225 e. The van der Waals surface area contributed by atoms with E-state index in [2.05, 4.69) is 10.2 Å². The van der Waals surface area contributed by atoms with Crippen molar-refractivity contribution in [3.8, 4) is 0 Å². The van der Waals surface area contributed by atoms with Gasteiger partial charge in [0, 0.05) is 42.9 Å². The lowest BCUT2D eigenvalue weighted by molar-refractivity contribution is -0.136. The van der Waals surface area contributed by atoms with E-state index < -0.39 is 6.10 Å². The van der Waals surface area contributed by atoms with Gasteiger partial charge in [-0.2, -0.15) is 5.10 Å². The minimum Gasteiger partial charge on any atom is -0.391 e. The predicted molar refractivity (Wildman–Crippen MR) is 73.8 cm³/mol. The van der Waals surface area contributed by atoms with Crippen molar-refractivity contribution in [2.45, 2.75) is 43.7 Å². The highest BCUT2D eigenvalue weighted by Gasteiger charge is 2.37. The van der Waals surface area contributed by atoms with Crippen LogP contribution in [0.5, 0.6) is 0 Å². The summed E-state index contributed by atoms with van der Waals surface area (Å²) in [5, 5.41) is 16.7.